The van der Waals surface area contributed by atoms with Crippen LogP contribution in [-0.2, 0) is 13.0 Å². The van der Waals surface area contributed by atoms with Crippen LogP contribution >= 0.6 is 0 Å². The lowest BCUT2D eigenvalue weighted by Crippen LogP contribution is -2.60. The maximum atomic E-state index is 12.3. The largest absolute Gasteiger partial charge is 0.493 e. The molecule has 2 aromatic rings. The highest BCUT2D eigenvalue weighted by Gasteiger charge is 2.32. The lowest BCUT2D eigenvalue weighted by Gasteiger charge is -2.44. The van der Waals surface area contributed by atoms with Gasteiger partial charge in [-0.3, -0.25) is 4.90 Å². The molecule has 0 bridgehead atoms. The first-order chi connectivity index (χ1) is 16.6. The second kappa shape index (κ2) is 10.1. The minimum absolute atomic E-state index is 0.0396. The van der Waals surface area contributed by atoms with Crippen LogP contribution in [0.15, 0.2) is 42.5 Å². The molecule has 7 heteroatoms. The van der Waals surface area contributed by atoms with Crippen molar-refractivity contribution in [3.05, 3.63) is 53.6 Å². The molecular weight excluding hydrogens is 428 g/mol. The van der Waals surface area contributed by atoms with E-state index < -0.39 is 0 Å². The molecule has 2 fully saturated rings. The predicted octanol–water partition coefficient (Wildman–Crippen LogP) is 3.64. The monoisotopic (exact) mass is 464 g/mol. The Morgan fingerprint density at radius 3 is 2.59 bits per heavy atom. The zero-order valence-corrected chi connectivity index (χ0v) is 20.1. The van der Waals surface area contributed by atoms with E-state index in [4.69, 9.17) is 15.2 Å². The Morgan fingerprint density at radius 1 is 1.03 bits per heavy atom. The number of hydrogen-bond acceptors (Lipinski definition) is 5. The highest BCUT2D eigenvalue weighted by molar-refractivity contribution is 5.73. The van der Waals surface area contributed by atoms with Crippen LogP contribution in [0.2, 0.25) is 0 Å². The molecule has 2 aliphatic heterocycles. The standard InChI is InChI=1S/C27H36N4O3/c1-33-25-11-10-22(16-26(25)34-24-8-4-5-9-24)30-14-15-31(27(28)32)23(19-30)18-29-13-12-20-6-2-3-7-21(20)17-29/h2-3,6-7,10-11,16,23-24H,4-5,8-9,12-15,17-19H2,1H3,(H2,28,32)/t23-/m0/s1. The topological polar surface area (TPSA) is 71.3 Å². The number of hydrogen-bond donors (Lipinski definition) is 1. The summed E-state index contributed by atoms with van der Waals surface area (Å²) in [7, 11) is 1.69. The number of anilines is 1. The predicted molar refractivity (Wildman–Crippen MR) is 134 cm³/mol. The molecule has 0 radical (unpaired) electrons. The Bertz CT molecular complexity index is 1010. The van der Waals surface area contributed by atoms with Crippen molar-refractivity contribution in [3.63, 3.8) is 0 Å². The molecule has 1 atom stereocenters. The number of methoxy groups -OCH3 is 1. The summed E-state index contributed by atoms with van der Waals surface area (Å²) in [4.78, 5) is 18.9. The van der Waals surface area contributed by atoms with Gasteiger partial charge in [0.15, 0.2) is 11.5 Å². The van der Waals surface area contributed by atoms with Gasteiger partial charge in [-0.05, 0) is 55.4 Å². The normalized spacial score (nSPS) is 21.4. The Balaban J connectivity index is 1.31. The molecule has 2 N–H and O–H groups in total. The van der Waals surface area contributed by atoms with Crippen molar-refractivity contribution in [2.24, 2.45) is 5.73 Å². The SMILES string of the molecule is COc1ccc(N2CCN(C(N)=O)[C@@H](CN3CCc4ccccc4C3)C2)cc1OC1CCCC1. The first-order valence-corrected chi connectivity index (χ1v) is 12.6. The van der Waals surface area contributed by atoms with Gasteiger partial charge in [0, 0.05) is 51.0 Å². The van der Waals surface area contributed by atoms with Gasteiger partial charge in [-0.1, -0.05) is 24.3 Å². The lowest BCUT2D eigenvalue weighted by atomic mass is 9.99. The third-order valence-corrected chi connectivity index (χ3v) is 7.55. The molecule has 1 aliphatic carbocycles. The second-order valence-corrected chi connectivity index (χ2v) is 9.74. The van der Waals surface area contributed by atoms with Gasteiger partial charge in [0.1, 0.15) is 0 Å². The van der Waals surface area contributed by atoms with Gasteiger partial charge in [0.25, 0.3) is 0 Å². The van der Waals surface area contributed by atoms with Crippen molar-refractivity contribution in [2.45, 2.75) is 50.8 Å². The molecule has 0 aromatic heterocycles. The maximum absolute atomic E-state index is 12.3. The highest BCUT2D eigenvalue weighted by Crippen LogP contribution is 2.35. The Kier molecular flexibility index (Phi) is 6.81. The number of carbonyl (C=O) groups excluding carboxylic acids is 1. The number of amides is 2. The summed E-state index contributed by atoms with van der Waals surface area (Å²) < 4.78 is 11.9. The molecule has 1 saturated heterocycles. The van der Waals surface area contributed by atoms with E-state index in [2.05, 4.69) is 46.2 Å². The quantitative estimate of drug-likeness (QED) is 0.707. The number of primary amides is 1. The van der Waals surface area contributed by atoms with Crippen LogP contribution in [0.3, 0.4) is 0 Å². The Labute approximate surface area is 202 Å². The molecule has 0 unspecified atom stereocenters. The summed E-state index contributed by atoms with van der Waals surface area (Å²) in [6.07, 6.45) is 5.97. The number of ether oxygens (including phenoxy) is 2. The van der Waals surface area contributed by atoms with E-state index in [-0.39, 0.29) is 18.2 Å². The molecule has 7 nitrogen and oxygen atoms in total. The third-order valence-electron chi connectivity index (χ3n) is 7.55. The van der Waals surface area contributed by atoms with Crippen LogP contribution in [0.1, 0.15) is 36.8 Å². The van der Waals surface area contributed by atoms with Gasteiger partial charge >= 0.3 is 6.03 Å². The summed E-state index contributed by atoms with van der Waals surface area (Å²) in [5.41, 5.74) is 9.71. The first kappa shape index (κ1) is 22.8. The maximum Gasteiger partial charge on any atom is 0.315 e. The van der Waals surface area contributed by atoms with Crippen molar-refractivity contribution < 1.29 is 14.3 Å². The third kappa shape index (κ3) is 4.94. The summed E-state index contributed by atoms with van der Waals surface area (Å²) in [5, 5.41) is 0. The van der Waals surface area contributed by atoms with Crippen molar-refractivity contribution in [3.8, 4) is 11.5 Å². The van der Waals surface area contributed by atoms with Gasteiger partial charge in [-0.25, -0.2) is 4.79 Å². The highest BCUT2D eigenvalue weighted by atomic mass is 16.5. The van der Waals surface area contributed by atoms with Gasteiger partial charge in [0.05, 0.1) is 19.3 Å². The number of fused-ring (bicyclic) bond motifs is 1. The molecule has 34 heavy (non-hydrogen) atoms. The molecule has 2 aromatic carbocycles. The molecule has 182 valence electrons. The van der Waals surface area contributed by atoms with Crippen molar-refractivity contribution in [1.82, 2.24) is 9.80 Å². The lowest BCUT2D eigenvalue weighted by molar-refractivity contribution is 0.135. The zero-order chi connectivity index (χ0) is 23.5. The summed E-state index contributed by atoms with van der Waals surface area (Å²) in [6, 6.07) is 14.6. The molecular formula is C27H36N4O3. The summed E-state index contributed by atoms with van der Waals surface area (Å²) in [6.45, 7) is 4.85. The average Bonchev–Trinajstić information content (AvgIpc) is 3.37. The van der Waals surface area contributed by atoms with Crippen molar-refractivity contribution >= 4 is 11.7 Å². The summed E-state index contributed by atoms with van der Waals surface area (Å²) in [5.74, 6) is 1.59. The molecule has 0 spiro atoms. The number of nitrogens with zero attached hydrogens (tertiary/aromatic N) is 3. The fourth-order valence-corrected chi connectivity index (χ4v) is 5.68. The fourth-order valence-electron chi connectivity index (χ4n) is 5.68. The van der Waals surface area contributed by atoms with Crippen molar-refractivity contribution in [2.75, 3.05) is 44.7 Å². The van der Waals surface area contributed by atoms with Crippen LogP contribution in [0.25, 0.3) is 0 Å². The first-order valence-electron chi connectivity index (χ1n) is 12.6. The van der Waals surface area contributed by atoms with E-state index >= 15 is 0 Å². The smallest absolute Gasteiger partial charge is 0.315 e. The average molecular weight is 465 g/mol. The fraction of sp³-hybridized carbons (Fsp3) is 0.519. The minimum Gasteiger partial charge on any atom is -0.493 e. The Morgan fingerprint density at radius 2 is 1.82 bits per heavy atom. The van der Waals surface area contributed by atoms with Crippen LogP contribution in [-0.4, -0.2) is 67.8 Å². The van der Waals surface area contributed by atoms with E-state index in [0.29, 0.717) is 6.54 Å². The van der Waals surface area contributed by atoms with Crippen LogP contribution in [0.5, 0.6) is 11.5 Å². The van der Waals surface area contributed by atoms with Crippen LogP contribution in [0.4, 0.5) is 10.5 Å². The number of piperazine rings is 1. The van der Waals surface area contributed by atoms with Gasteiger partial charge in [0.2, 0.25) is 0 Å². The number of nitrogens with two attached hydrogens (primary N) is 1. The van der Waals surface area contributed by atoms with E-state index in [1.54, 1.807) is 7.11 Å². The molecule has 2 amide bonds. The molecule has 2 heterocycles. The van der Waals surface area contributed by atoms with E-state index in [1.807, 2.05) is 11.0 Å². The van der Waals surface area contributed by atoms with Crippen molar-refractivity contribution in [1.29, 1.82) is 0 Å². The minimum atomic E-state index is -0.331. The van der Waals surface area contributed by atoms with E-state index in [1.165, 1.54) is 24.0 Å². The zero-order valence-electron chi connectivity index (χ0n) is 20.1. The number of urea groups is 1. The van der Waals surface area contributed by atoms with Gasteiger partial charge < -0.3 is 25.0 Å². The number of rotatable bonds is 6. The molecule has 5 rings (SSSR count). The number of carbonyl (C=O) groups is 1. The molecule has 1 saturated carbocycles. The molecule has 3 aliphatic rings. The van der Waals surface area contributed by atoms with Gasteiger partial charge in [-0.2, -0.15) is 0 Å². The van der Waals surface area contributed by atoms with Gasteiger partial charge in [-0.15, -0.1) is 0 Å². The summed E-state index contributed by atoms with van der Waals surface area (Å²) >= 11 is 0. The van der Waals surface area contributed by atoms with E-state index in [0.717, 1.165) is 69.2 Å². The van der Waals surface area contributed by atoms with E-state index in [9.17, 15) is 4.79 Å². The van der Waals surface area contributed by atoms with Crippen LogP contribution in [0, 0.1) is 0 Å². The number of benzene rings is 2. The second-order valence-electron chi connectivity index (χ2n) is 9.74. The van der Waals surface area contributed by atoms with Crippen LogP contribution < -0.4 is 20.1 Å². The Hall–Kier alpha value is -2.93.